The summed E-state index contributed by atoms with van der Waals surface area (Å²) < 4.78 is 0. The number of amides is 1. The molecule has 18 heavy (non-hydrogen) atoms. The second-order valence-corrected chi connectivity index (χ2v) is 4.98. The van der Waals surface area contributed by atoms with Gasteiger partial charge in [0.05, 0.1) is 0 Å². The molecule has 0 spiro atoms. The molecule has 1 N–H and O–H groups in total. The average molecular weight is 247 g/mol. The van der Waals surface area contributed by atoms with Crippen molar-refractivity contribution in [1.29, 1.82) is 0 Å². The number of carbonyl (C=O) groups is 1. The number of hydrogen-bond donors (Lipinski definition) is 1. The Labute approximate surface area is 109 Å². The zero-order valence-corrected chi connectivity index (χ0v) is 11.1. The van der Waals surface area contributed by atoms with Crippen molar-refractivity contribution in [3.05, 3.63) is 35.4 Å². The Balaban J connectivity index is 2.02. The van der Waals surface area contributed by atoms with Gasteiger partial charge in [0, 0.05) is 38.3 Å². The second-order valence-electron chi connectivity index (χ2n) is 4.98. The standard InChI is InChI=1S/C14H21N3O/c1-16(2)11-12-3-5-13(6-4-12)14(18)17-9-7-15-8-10-17/h3-6,15H,7-11H2,1-2H3. The molecule has 0 bridgehead atoms. The van der Waals surface area contributed by atoms with Crippen LogP contribution in [0, 0.1) is 0 Å². The number of hydrogen-bond acceptors (Lipinski definition) is 3. The minimum atomic E-state index is 0.146. The third-order valence-electron chi connectivity index (χ3n) is 3.10. The van der Waals surface area contributed by atoms with Gasteiger partial charge >= 0.3 is 0 Å². The van der Waals surface area contributed by atoms with E-state index in [1.165, 1.54) is 5.56 Å². The van der Waals surface area contributed by atoms with Crippen LogP contribution in [0.2, 0.25) is 0 Å². The highest BCUT2D eigenvalue weighted by Gasteiger charge is 2.17. The van der Waals surface area contributed by atoms with Crippen LogP contribution < -0.4 is 5.32 Å². The van der Waals surface area contributed by atoms with Crippen molar-refractivity contribution in [2.45, 2.75) is 6.54 Å². The number of benzene rings is 1. The second kappa shape index (κ2) is 5.98. The summed E-state index contributed by atoms with van der Waals surface area (Å²) in [6, 6.07) is 7.94. The predicted molar refractivity (Wildman–Crippen MR) is 72.6 cm³/mol. The van der Waals surface area contributed by atoms with Crippen molar-refractivity contribution in [2.75, 3.05) is 40.3 Å². The van der Waals surface area contributed by atoms with E-state index in [2.05, 4.69) is 10.2 Å². The lowest BCUT2D eigenvalue weighted by Gasteiger charge is -2.27. The molecular weight excluding hydrogens is 226 g/mol. The van der Waals surface area contributed by atoms with Gasteiger partial charge in [-0.05, 0) is 31.8 Å². The van der Waals surface area contributed by atoms with Crippen molar-refractivity contribution >= 4 is 5.91 Å². The maximum atomic E-state index is 12.2. The van der Waals surface area contributed by atoms with Crippen LogP contribution in [0.15, 0.2) is 24.3 Å². The molecule has 98 valence electrons. The first-order valence-corrected chi connectivity index (χ1v) is 6.40. The van der Waals surface area contributed by atoms with E-state index in [4.69, 9.17) is 0 Å². The first-order valence-electron chi connectivity index (χ1n) is 6.40. The van der Waals surface area contributed by atoms with Crippen LogP contribution in [0.25, 0.3) is 0 Å². The molecule has 0 unspecified atom stereocenters. The zero-order valence-electron chi connectivity index (χ0n) is 11.1. The molecule has 1 heterocycles. The Morgan fingerprint density at radius 2 is 1.83 bits per heavy atom. The van der Waals surface area contributed by atoms with Crippen LogP contribution in [-0.2, 0) is 6.54 Å². The van der Waals surface area contributed by atoms with Crippen molar-refractivity contribution < 1.29 is 4.79 Å². The summed E-state index contributed by atoms with van der Waals surface area (Å²) in [5.41, 5.74) is 2.02. The SMILES string of the molecule is CN(C)Cc1ccc(C(=O)N2CCNCC2)cc1. The van der Waals surface area contributed by atoms with Gasteiger partial charge in [0.2, 0.25) is 0 Å². The van der Waals surface area contributed by atoms with Crippen LogP contribution in [0.5, 0.6) is 0 Å². The largest absolute Gasteiger partial charge is 0.336 e. The summed E-state index contributed by atoms with van der Waals surface area (Å²) in [5.74, 6) is 0.146. The number of rotatable bonds is 3. The van der Waals surface area contributed by atoms with E-state index in [0.717, 1.165) is 38.3 Å². The smallest absolute Gasteiger partial charge is 0.253 e. The molecule has 4 heteroatoms. The molecule has 0 saturated carbocycles. The quantitative estimate of drug-likeness (QED) is 0.858. The number of piperazine rings is 1. The van der Waals surface area contributed by atoms with E-state index in [-0.39, 0.29) is 5.91 Å². The number of nitrogens with zero attached hydrogens (tertiary/aromatic N) is 2. The monoisotopic (exact) mass is 247 g/mol. The van der Waals surface area contributed by atoms with Crippen molar-refractivity contribution in [3.8, 4) is 0 Å². The minimum absolute atomic E-state index is 0.146. The predicted octanol–water partition coefficient (Wildman–Crippen LogP) is 0.794. The molecule has 1 fully saturated rings. The van der Waals surface area contributed by atoms with E-state index in [9.17, 15) is 4.79 Å². The van der Waals surface area contributed by atoms with Crippen LogP contribution in [-0.4, -0.2) is 56.0 Å². The fourth-order valence-corrected chi connectivity index (χ4v) is 2.17. The molecule has 0 aromatic heterocycles. The molecule has 1 aliphatic heterocycles. The van der Waals surface area contributed by atoms with Crippen LogP contribution in [0.4, 0.5) is 0 Å². The average Bonchev–Trinajstić information content (AvgIpc) is 2.39. The van der Waals surface area contributed by atoms with Crippen LogP contribution in [0.1, 0.15) is 15.9 Å². The minimum Gasteiger partial charge on any atom is -0.336 e. The van der Waals surface area contributed by atoms with Crippen LogP contribution in [0.3, 0.4) is 0 Å². The molecule has 4 nitrogen and oxygen atoms in total. The van der Waals surface area contributed by atoms with E-state index >= 15 is 0 Å². The molecule has 0 radical (unpaired) electrons. The van der Waals surface area contributed by atoms with Crippen molar-refractivity contribution in [2.24, 2.45) is 0 Å². The highest BCUT2D eigenvalue weighted by Crippen LogP contribution is 2.09. The summed E-state index contributed by atoms with van der Waals surface area (Å²) in [6.07, 6.45) is 0. The Hall–Kier alpha value is -1.39. The third kappa shape index (κ3) is 3.31. The van der Waals surface area contributed by atoms with Gasteiger partial charge in [-0.15, -0.1) is 0 Å². The third-order valence-corrected chi connectivity index (χ3v) is 3.10. The van der Waals surface area contributed by atoms with Crippen molar-refractivity contribution in [3.63, 3.8) is 0 Å². The molecule has 1 aromatic rings. The Morgan fingerprint density at radius 1 is 1.22 bits per heavy atom. The fraction of sp³-hybridized carbons (Fsp3) is 0.500. The molecule has 2 rings (SSSR count). The molecule has 1 amide bonds. The van der Waals surface area contributed by atoms with Crippen molar-refractivity contribution in [1.82, 2.24) is 15.1 Å². The highest BCUT2D eigenvalue weighted by molar-refractivity contribution is 5.94. The van der Waals surface area contributed by atoms with Gasteiger partial charge in [-0.2, -0.15) is 0 Å². The zero-order chi connectivity index (χ0) is 13.0. The lowest BCUT2D eigenvalue weighted by Crippen LogP contribution is -2.46. The highest BCUT2D eigenvalue weighted by atomic mass is 16.2. The van der Waals surface area contributed by atoms with Gasteiger partial charge in [0.1, 0.15) is 0 Å². The summed E-state index contributed by atoms with van der Waals surface area (Å²) in [7, 11) is 4.08. The van der Waals surface area contributed by atoms with Gasteiger partial charge in [-0.1, -0.05) is 12.1 Å². The van der Waals surface area contributed by atoms with E-state index in [1.807, 2.05) is 43.3 Å². The number of nitrogens with one attached hydrogen (secondary N) is 1. The maximum absolute atomic E-state index is 12.2. The maximum Gasteiger partial charge on any atom is 0.253 e. The molecule has 0 atom stereocenters. The van der Waals surface area contributed by atoms with Crippen LogP contribution >= 0.6 is 0 Å². The molecule has 1 aliphatic rings. The van der Waals surface area contributed by atoms with Gasteiger partial charge in [-0.25, -0.2) is 0 Å². The van der Waals surface area contributed by atoms with Gasteiger partial charge in [-0.3, -0.25) is 4.79 Å². The molecule has 1 aromatic carbocycles. The normalized spacial score (nSPS) is 16.1. The summed E-state index contributed by atoms with van der Waals surface area (Å²) >= 11 is 0. The molecular formula is C14H21N3O. The molecule has 1 saturated heterocycles. The van der Waals surface area contributed by atoms with Gasteiger partial charge in [0.25, 0.3) is 5.91 Å². The lowest BCUT2D eigenvalue weighted by molar-refractivity contribution is 0.0736. The first kappa shape index (κ1) is 13.1. The van der Waals surface area contributed by atoms with E-state index < -0.39 is 0 Å². The van der Waals surface area contributed by atoms with E-state index in [0.29, 0.717) is 0 Å². The Bertz CT molecular complexity index is 394. The van der Waals surface area contributed by atoms with Gasteiger partial charge in [0.15, 0.2) is 0 Å². The fourth-order valence-electron chi connectivity index (χ4n) is 2.17. The van der Waals surface area contributed by atoms with E-state index in [1.54, 1.807) is 0 Å². The van der Waals surface area contributed by atoms with Gasteiger partial charge < -0.3 is 15.1 Å². The summed E-state index contributed by atoms with van der Waals surface area (Å²) in [4.78, 5) is 16.3. The number of carbonyl (C=O) groups excluding carboxylic acids is 1. The molecule has 0 aliphatic carbocycles. The summed E-state index contributed by atoms with van der Waals surface area (Å²) in [6.45, 7) is 4.30. The first-order chi connectivity index (χ1) is 8.66. The lowest BCUT2D eigenvalue weighted by atomic mass is 10.1. The summed E-state index contributed by atoms with van der Waals surface area (Å²) in [5, 5.41) is 3.25. The topological polar surface area (TPSA) is 35.6 Å². The Morgan fingerprint density at radius 3 is 2.39 bits per heavy atom. The Kier molecular flexibility index (Phi) is 4.33.